The second-order valence-electron chi connectivity index (χ2n) is 4.05. The van der Waals surface area contributed by atoms with E-state index in [4.69, 9.17) is 9.15 Å². The Hall–Kier alpha value is -1.36. The molecule has 5 heteroatoms. The van der Waals surface area contributed by atoms with Crippen molar-refractivity contribution in [1.29, 1.82) is 0 Å². The molecule has 0 fully saturated rings. The summed E-state index contributed by atoms with van der Waals surface area (Å²) in [4.78, 5) is 15.8. The maximum absolute atomic E-state index is 11.7. The highest BCUT2D eigenvalue weighted by Gasteiger charge is 2.18. The maximum Gasteiger partial charge on any atom is 0.323 e. The normalized spacial score (nSPS) is 12.4. The molecule has 0 radical (unpaired) electrons. The van der Waals surface area contributed by atoms with Gasteiger partial charge in [0.1, 0.15) is 11.8 Å². The molecule has 0 spiro atoms. The minimum absolute atomic E-state index is 0.207. The van der Waals surface area contributed by atoms with Gasteiger partial charge in [0, 0.05) is 6.42 Å². The van der Waals surface area contributed by atoms with Crippen LogP contribution in [0.2, 0.25) is 0 Å². The monoisotopic (exact) mass is 254 g/mol. The van der Waals surface area contributed by atoms with Crippen molar-refractivity contribution in [3.05, 3.63) is 17.8 Å². The largest absolute Gasteiger partial charge is 0.465 e. The van der Waals surface area contributed by atoms with Gasteiger partial charge < -0.3 is 9.15 Å². The van der Waals surface area contributed by atoms with Crippen LogP contribution < -0.4 is 5.32 Å². The van der Waals surface area contributed by atoms with Crippen molar-refractivity contribution in [2.75, 3.05) is 6.61 Å². The molecule has 0 bridgehead atoms. The molecule has 1 rings (SSSR count). The van der Waals surface area contributed by atoms with E-state index < -0.39 is 0 Å². The van der Waals surface area contributed by atoms with Gasteiger partial charge in [-0.25, -0.2) is 4.98 Å². The Morgan fingerprint density at radius 3 is 2.83 bits per heavy atom. The molecule has 0 saturated carbocycles. The van der Waals surface area contributed by atoms with Gasteiger partial charge in [0.05, 0.1) is 19.3 Å². The molecule has 1 atom stereocenters. The van der Waals surface area contributed by atoms with E-state index in [1.807, 2.05) is 20.8 Å². The predicted molar refractivity (Wildman–Crippen MR) is 68.0 cm³/mol. The Balaban J connectivity index is 2.48. The van der Waals surface area contributed by atoms with Gasteiger partial charge in [-0.3, -0.25) is 10.1 Å². The Kier molecular flexibility index (Phi) is 6.43. The molecule has 1 aromatic rings. The predicted octanol–water partition coefficient (Wildman–Crippen LogP) is 2.06. The highest BCUT2D eigenvalue weighted by atomic mass is 16.5. The zero-order chi connectivity index (χ0) is 13.4. The molecule has 5 nitrogen and oxygen atoms in total. The van der Waals surface area contributed by atoms with Gasteiger partial charge in [-0.15, -0.1) is 0 Å². The van der Waals surface area contributed by atoms with Crippen LogP contribution in [0.3, 0.4) is 0 Å². The molecule has 18 heavy (non-hydrogen) atoms. The highest BCUT2D eigenvalue weighted by Crippen LogP contribution is 2.06. The number of carbonyl (C=O) groups excluding carboxylic acids is 1. The first kappa shape index (κ1) is 14.7. The fourth-order valence-electron chi connectivity index (χ4n) is 1.64. The summed E-state index contributed by atoms with van der Waals surface area (Å²) in [5.74, 6) is 1.26. The van der Waals surface area contributed by atoms with Crippen LogP contribution in [0.15, 0.2) is 10.6 Å². The van der Waals surface area contributed by atoms with Crippen molar-refractivity contribution < 1.29 is 13.9 Å². The highest BCUT2D eigenvalue weighted by molar-refractivity contribution is 5.75. The van der Waals surface area contributed by atoms with E-state index in [-0.39, 0.29) is 12.0 Å². The quantitative estimate of drug-likeness (QED) is 0.719. The van der Waals surface area contributed by atoms with Crippen LogP contribution in [0.4, 0.5) is 0 Å². The molecule has 102 valence electrons. The Labute approximate surface area is 108 Å². The van der Waals surface area contributed by atoms with Crippen molar-refractivity contribution in [3.8, 4) is 0 Å². The molecule has 1 unspecified atom stereocenters. The zero-order valence-corrected chi connectivity index (χ0v) is 11.4. The van der Waals surface area contributed by atoms with Crippen molar-refractivity contribution in [3.63, 3.8) is 0 Å². The minimum atomic E-state index is -0.285. The summed E-state index contributed by atoms with van der Waals surface area (Å²) in [5, 5.41) is 3.13. The molecule has 0 saturated heterocycles. The first-order chi connectivity index (χ1) is 8.71. The van der Waals surface area contributed by atoms with E-state index in [9.17, 15) is 4.79 Å². The zero-order valence-electron chi connectivity index (χ0n) is 11.4. The average molecular weight is 254 g/mol. The Morgan fingerprint density at radius 2 is 2.28 bits per heavy atom. The van der Waals surface area contributed by atoms with Crippen LogP contribution in [0, 0.1) is 0 Å². The third-order valence-corrected chi connectivity index (χ3v) is 2.60. The third kappa shape index (κ3) is 4.49. The fraction of sp³-hybridized carbons (Fsp3) is 0.692. The van der Waals surface area contributed by atoms with Crippen molar-refractivity contribution in [2.45, 2.75) is 52.6 Å². The van der Waals surface area contributed by atoms with Gasteiger partial charge in [-0.05, 0) is 13.3 Å². The maximum atomic E-state index is 11.7. The SMILES string of the molecule is CCCC(NCc1ncc(CC)o1)C(=O)OCC. The molecule has 0 aliphatic rings. The average Bonchev–Trinajstić information content (AvgIpc) is 2.82. The molecule has 0 aliphatic heterocycles. The number of carbonyl (C=O) groups is 1. The van der Waals surface area contributed by atoms with Crippen LogP contribution in [0.25, 0.3) is 0 Å². The second kappa shape index (κ2) is 7.87. The smallest absolute Gasteiger partial charge is 0.323 e. The van der Waals surface area contributed by atoms with Crippen molar-refractivity contribution in [1.82, 2.24) is 10.3 Å². The number of hydrogen-bond donors (Lipinski definition) is 1. The van der Waals surface area contributed by atoms with E-state index >= 15 is 0 Å². The summed E-state index contributed by atoms with van der Waals surface area (Å²) in [6, 6.07) is -0.285. The Morgan fingerprint density at radius 1 is 1.50 bits per heavy atom. The number of ether oxygens (including phenoxy) is 1. The summed E-state index contributed by atoms with van der Waals surface area (Å²) in [5.41, 5.74) is 0. The number of aryl methyl sites for hydroxylation is 1. The minimum Gasteiger partial charge on any atom is -0.465 e. The van der Waals surface area contributed by atoms with Crippen LogP contribution in [0.5, 0.6) is 0 Å². The molecule has 0 aliphatic carbocycles. The third-order valence-electron chi connectivity index (χ3n) is 2.60. The molecular weight excluding hydrogens is 232 g/mol. The number of oxazole rings is 1. The van der Waals surface area contributed by atoms with Gasteiger partial charge in [0.25, 0.3) is 0 Å². The number of nitrogens with one attached hydrogen (secondary N) is 1. The molecule has 1 N–H and O–H groups in total. The second-order valence-corrected chi connectivity index (χ2v) is 4.05. The van der Waals surface area contributed by atoms with E-state index in [0.29, 0.717) is 19.0 Å². The lowest BCUT2D eigenvalue weighted by molar-refractivity contribution is -0.145. The first-order valence-corrected chi connectivity index (χ1v) is 6.54. The molecular formula is C13H22N2O3. The van der Waals surface area contributed by atoms with Gasteiger partial charge in [0.15, 0.2) is 0 Å². The topological polar surface area (TPSA) is 64.4 Å². The van der Waals surface area contributed by atoms with Crippen molar-refractivity contribution in [2.24, 2.45) is 0 Å². The van der Waals surface area contributed by atoms with Gasteiger partial charge in [-0.2, -0.15) is 0 Å². The first-order valence-electron chi connectivity index (χ1n) is 6.54. The van der Waals surface area contributed by atoms with Gasteiger partial charge >= 0.3 is 5.97 Å². The van der Waals surface area contributed by atoms with Crippen LogP contribution in [0.1, 0.15) is 45.3 Å². The Bertz CT molecular complexity index is 363. The number of hydrogen-bond acceptors (Lipinski definition) is 5. The lowest BCUT2D eigenvalue weighted by atomic mass is 10.1. The lowest BCUT2D eigenvalue weighted by Gasteiger charge is -2.15. The van der Waals surface area contributed by atoms with Crippen molar-refractivity contribution >= 4 is 5.97 Å². The fourth-order valence-corrected chi connectivity index (χ4v) is 1.64. The van der Waals surface area contributed by atoms with E-state index in [1.54, 1.807) is 6.20 Å². The van der Waals surface area contributed by atoms with Crippen LogP contribution in [-0.4, -0.2) is 23.6 Å². The van der Waals surface area contributed by atoms with Crippen LogP contribution in [-0.2, 0) is 22.5 Å². The number of aromatic nitrogens is 1. The molecule has 0 aromatic carbocycles. The van der Waals surface area contributed by atoms with Crippen LogP contribution >= 0.6 is 0 Å². The number of esters is 1. The van der Waals surface area contributed by atoms with Gasteiger partial charge in [-0.1, -0.05) is 20.3 Å². The number of rotatable bonds is 8. The van der Waals surface area contributed by atoms with E-state index in [1.165, 1.54) is 0 Å². The number of nitrogens with zero attached hydrogens (tertiary/aromatic N) is 1. The van der Waals surface area contributed by atoms with E-state index in [2.05, 4.69) is 10.3 Å². The molecule has 0 amide bonds. The molecule has 1 aromatic heterocycles. The van der Waals surface area contributed by atoms with E-state index in [0.717, 1.165) is 25.0 Å². The summed E-state index contributed by atoms with van der Waals surface area (Å²) in [6.45, 7) is 6.70. The lowest BCUT2D eigenvalue weighted by Crippen LogP contribution is -2.37. The summed E-state index contributed by atoms with van der Waals surface area (Å²) in [6.07, 6.45) is 4.21. The van der Waals surface area contributed by atoms with Gasteiger partial charge in [0.2, 0.25) is 5.89 Å². The molecule has 1 heterocycles. The summed E-state index contributed by atoms with van der Waals surface area (Å²) in [7, 11) is 0. The standard InChI is InChI=1S/C13H22N2O3/c1-4-7-11(13(16)17-6-3)14-9-12-15-8-10(5-2)18-12/h8,11,14H,4-7,9H2,1-3H3. The summed E-state index contributed by atoms with van der Waals surface area (Å²) < 4.78 is 10.5. The summed E-state index contributed by atoms with van der Waals surface area (Å²) >= 11 is 0.